The predicted molar refractivity (Wildman–Crippen MR) is 77.7 cm³/mol. The van der Waals surface area contributed by atoms with Gasteiger partial charge in [0.1, 0.15) is 0 Å². The number of hydrogen-bond donors (Lipinski definition) is 2. The first-order valence-corrected chi connectivity index (χ1v) is 7.63. The minimum absolute atomic E-state index is 0.103. The van der Waals surface area contributed by atoms with Crippen molar-refractivity contribution in [1.82, 2.24) is 14.9 Å². The molecule has 0 fully saturated rings. The highest BCUT2D eigenvalue weighted by molar-refractivity contribution is 7.89. The van der Waals surface area contributed by atoms with E-state index < -0.39 is 15.9 Å². The first-order valence-electron chi connectivity index (χ1n) is 5.76. The van der Waals surface area contributed by atoms with Gasteiger partial charge in [0.15, 0.2) is 10.8 Å². The zero-order chi connectivity index (χ0) is 15.5. The molecule has 0 bridgehead atoms. The second-order valence-corrected chi connectivity index (χ2v) is 6.20. The average Bonchev–Trinajstić information content (AvgIpc) is 2.48. The Morgan fingerprint density at radius 2 is 1.76 bits per heavy atom. The van der Waals surface area contributed by atoms with Gasteiger partial charge in [-0.05, 0) is 43.4 Å². The Labute approximate surface area is 126 Å². The van der Waals surface area contributed by atoms with Crippen LogP contribution in [0.3, 0.4) is 0 Å². The van der Waals surface area contributed by atoms with Crippen molar-refractivity contribution >= 4 is 33.2 Å². The Bertz CT molecular complexity index is 745. The van der Waals surface area contributed by atoms with Gasteiger partial charge in [0.2, 0.25) is 10.0 Å². The number of halogens is 1. The Morgan fingerprint density at radius 3 is 2.29 bits per heavy atom. The lowest BCUT2D eigenvalue weighted by molar-refractivity contribution is 0.102. The molecule has 0 aliphatic rings. The van der Waals surface area contributed by atoms with Gasteiger partial charge in [-0.1, -0.05) is 11.6 Å². The number of amides is 1. The van der Waals surface area contributed by atoms with E-state index in [4.69, 9.17) is 11.6 Å². The maximum absolute atomic E-state index is 11.9. The normalized spacial score (nSPS) is 11.1. The molecule has 2 aromatic rings. The lowest BCUT2D eigenvalue weighted by atomic mass is 10.3. The third-order valence-corrected chi connectivity index (χ3v) is 4.19. The highest BCUT2D eigenvalue weighted by Crippen LogP contribution is 2.14. The van der Waals surface area contributed by atoms with E-state index in [1.54, 1.807) is 0 Å². The molecule has 0 saturated carbocycles. The molecule has 110 valence electrons. The fraction of sp³-hybridized carbons (Fsp3) is 0.0833. The van der Waals surface area contributed by atoms with Crippen molar-refractivity contribution in [2.24, 2.45) is 0 Å². The van der Waals surface area contributed by atoms with Gasteiger partial charge in [-0.2, -0.15) is 0 Å². The first kappa shape index (κ1) is 15.4. The van der Waals surface area contributed by atoms with Crippen molar-refractivity contribution in [3.8, 4) is 0 Å². The molecule has 21 heavy (non-hydrogen) atoms. The number of nitrogens with one attached hydrogen (secondary N) is 2. The molecule has 0 saturated heterocycles. The van der Waals surface area contributed by atoms with Crippen molar-refractivity contribution in [2.45, 2.75) is 4.90 Å². The van der Waals surface area contributed by atoms with Crippen LogP contribution >= 0.6 is 11.6 Å². The van der Waals surface area contributed by atoms with Gasteiger partial charge in [-0.3, -0.25) is 4.79 Å². The number of hydrogen-bond acceptors (Lipinski definition) is 5. The van der Waals surface area contributed by atoms with Crippen molar-refractivity contribution in [2.75, 3.05) is 12.4 Å². The van der Waals surface area contributed by atoms with Gasteiger partial charge in [-0.15, -0.1) is 10.2 Å². The fourth-order valence-electron chi connectivity index (χ4n) is 1.47. The molecule has 0 radical (unpaired) electrons. The number of sulfonamides is 1. The van der Waals surface area contributed by atoms with Gasteiger partial charge >= 0.3 is 0 Å². The van der Waals surface area contributed by atoms with Crippen LogP contribution in [0.1, 0.15) is 10.5 Å². The predicted octanol–water partition coefficient (Wildman–Crippen LogP) is 1.29. The van der Waals surface area contributed by atoms with Gasteiger partial charge in [0.25, 0.3) is 5.91 Å². The highest BCUT2D eigenvalue weighted by atomic mass is 35.5. The molecule has 2 rings (SSSR count). The summed E-state index contributed by atoms with van der Waals surface area (Å²) in [6.45, 7) is 0. The molecule has 7 nitrogen and oxygen atoms in total. The van der Waals surface area contributed by atoms with Crippen LogP contribution in [0.25, 0.3) is 0 Å². The quantitative estimate of drug-likeness (QED) is 0.881. The minimum Gasteiger partial charge on any atom is -0.321 e. The van der Waals surface area contributed by atoms with Crippen LogP contribution in [-0.2, 0) is 10.0 Å². The molecule has 1 heterocycles. The summed E-state index contributed by atoms with van der Waals surface area (Å²) in [5.41, 5.74) is 0.540. The number of nitrogens with zero attached hydrogens (tertiary/aromatic N) is 2. The average molecular weight is 327 g/mol. The molecule has 1 aromatic heterocycles. The first-order chi connectivity index (χ1) is 9.92. The lowest BCUT2D eigenvalue weighted by Crippen LogP contribution is -2.18. The van der Waals surface area contributed by atoms with Crippen molar-refractivity contribution < 1.29 is 13.2 Å². The number of rotatable bonds is 4. The molecule has 1 aromatic carbocycles. The van der Waals surface area contributed by atoms with Crippen LogP contribution in [0.15, 0.2) is 41.3 Å². The van der Waals surface area contributed by atoms with E-state index in [2.05, 4.69) is 20.2 Å². The summed E-state index contributed by atoms with van der Waals surface area (Å²) in [7, 11) is -2.18. The maximum atomic E-state index is 11.9. The van der Waals surface area contributed by atoms with E-state index >= 15 is 0 Å². The summed E-state index contributed by atoms with van der Waals surface area (Å²) in [4.78, 5) is 12.0. The van der Waals surface area contributed by atoms with Crippen LogP contribution in [-0.4, -0.2) is 31.6 Å². The number of carbonyl (C=O) groups excluding carboxylic acids is 1. The van der Waals surface area contributed by atoms with Crippen molar-refractivity contribution in [3.63, 3.8) is 0 Å². The smallest absolute Gasteiger partial charge is 0.276 e. The van der Waals surface area contributed by atoms with E-state index in [0.29, 0.717) is 5.69 Å². The Hall–Kier alpha value is -2.03. The zero-order valence-corrected chi connectivity index (χ0v) is 12.4. The van der Waals surface area contributed by atoms with Gasteiger partial charge < -0.3 is 5.32 Å². The van der Waals surface area contributed by atoms with Gasteiger partial charge in [0, 0.05) is 5.69 Å². The van der Waals surface area contributed by atoms with E-state index in [0.717, 1.165) is 0 Å². The Kier molecular flexibility index (Phi) is 4.51. The van der Waals surface area contributed by atoms with Crippen LogP contribution in [0, 0.1) is 0 Å². The topological polar surface area (TPSA) is 101 Å². The molecule has 2 N–H and O–H groups in total. The van der Waals surface area contributed by atoms with Crippen LogP contribution in [0.4, 0.5) is 5.69 Å². The molecule has 9 heteroatoms. The van der Waals surface area contributed by atoms with Crippen LogP contribution in [0.2, 0.25) is 5.15 Å². The summed E-state index contributed by atoms with van der Waals surface area (Å²) in [6, 6.07) is 8.61. The second-order valence-electron chi connectivity index (χ2n) is 3.93. The van der Waals surface area contributed by atoms with Gasteiger partial charge in [0.05, 0.1) is 4.90 Å². The molecular formula is C12H11ClN4O3S. The molecule has 0 unspecified atom stereocenters. The van der Waals surface area contributed by atoms with E-state index in [9.17, 15) is 13.2 Å². The molecule has 0 aliphatic carbocycles. The van der Waals surface area contributed by atoms with Crippen LogP contribution in [0.5, 0.6) is 0 Å². The minimum atomic E-state index is -3.50. The summed E-state index contributed by atoms with van der Waals surface area (Å²) in [6.07, 6.45) is 0. The lowest BCUT2D eigenvalue weighted by Gasteiger charge is -2.06. The van der Waals surface area contributed by atoms with Crippen molar-refractivity contribution in [1.29, 1.82) is 0 Å². The third-order valence-electron chi connectivity index (χ3n) is 2.56. The molecule has 1 amide bonds. The molecular weight excluding hydrogens is 316 g/mol. The number of aromatic nitrogens is 2. The summed E-state index contributed by atoms with van der Waals surface area (Å²) in [5.74, 6) is -0.469. The van der Waals surface area contributed by atoms with Gasteiger partial charge in [-0.25, -0.2) is 13.1 Å². The van der Waals surface area contributed by atoms with Crippen LogP contribution < -0.4 is 10.0 Å². The summed E-state index contributed by atoms with van der Waals surface area (Å²) in [5, 5.41) is 9.97. The summed E-state index contributed by atoms with van der Waals surface area (Å²) < 4.78 is 25.3. The largest absolute Gasteiger partial charge is 0.321 e. The highest BCUT2D eigenvalue weighted by Gasteiger charge is 2.12. The molecule has 0 spiro atoms. The van der Waals surface area contributed by atoms with E-state index in [1.807, 2.05) is 0 Å². The monoisotopic (exact) mass is 326 g/mol. The Balaban J connectivity index is 2.13. The third kappa shape index (κ3) is 3.75. The standard InChI is InChI=1S/C12H11ClN4O3S/c1-14-21(19,20)9-4-2-8(3-5-9)15-12(18)10-6-7-11(13)17-16-10/h2-7,14H,1H3,(H,15,18). The van der Waals surface area contributed by atoms with Crippen molar-refractivity contribution in [3.05, 3.63) is 47.2 Å². The molecule has 0 aliphatic heterocycles. The summed E-state index contributed by atoms with van der Waals surface area (Å²) >= 11 is 5.58. The molecule has 0 atom stereocenters. The van der Waals surface area contributed by atoms with E-state index in [1.165, 1.54) is 43.4 Å². The number of benzene rings is 1. The van der Waals surface area contributed by atoms with E-state index in [-0.39, 0.29) is 15.7 Å². The second kappa shape index (κ2) is 6.17. The number of carbonyl (C=O) groups is 1. The Morgan fingerprint density at radius 1 is 1.10 bits per heavy atom. The maximum Gasteiger partial charge on any atom is 0.276 e. The fourth-order valence-corrected chi connectivity index (χ4v) is 2.30. The number of anilines is 1. The zero-order valence-electron chi connectivity index (χ0n) is 10.9. The SMILES string of the molecule is CNS(=O)(=O)c1ccc(NC(=O)c2ccc(Cl)nn2)cc1.